The van der Waals surface area contributed by atoms with Gasteiger partial charge in [0.25, 0.3) is 5.91 Å². The first-order valence-electron chi connectivity index (χ1n) is 12.9. The van der Waals surface area contributed by atoms with Crippen molar-refractivity contribution in [2.75, 3.05) is 7.11 Å². The molecule has 38 heavy (non-hydrogen) atoms. The fraction of sp³-hybridized carbons (Fsp3) is 0.379. The largest absolute Gasteiger partial charge is 0.493 e. The van der Waals surface area contributed by atoms with Crippen molar-refractivity contribution in [3.05, 3.63) is 83.4 Å². The highest BCUT2D eigenvalue weighted by Gasteiger charge is 2.41. The third-order valence-corrected chi connectivity index (χ3v) is 7.15. The standard InChI is InChI=1S/C29H31N3O6/c1-36-24-13-12-20-17-32(28(33)26(19-8-3-2-4-9-19)38-21-10-5-6-11-21)23(29(34)35)16-22(20)27(24)37-18-25-30-14-7-15-31-25/h2-4,7-9,12-15,21,23,26H,5-6,10-11,16-18H2,1H3,(H,34,35)/t23-,26+/m1/s1. The van der Waals surface area contributed by atoms with Crippen LogP contribution in [-0.4, -0.2) is 51.1 Å². The summed E-state index contributed by atoms with van der Waals surface area (Å²) >= 11 is 0. The molecule has 1 fully saturated rings. The highest BCUT2D eigenvalue weighted by Crippen LogP contribution is 2.40. The molecule has 1 amide bonds. The maximum Gasteiger partial charge on any atom is 0.326 e. The number of benzene rings is 2. The molecule has 0 spiro atoms. The van der Waals surface area contributed by atoms with E-state index in [1.165, 1.54) is 12.0 Å². The smallest absolute Gasteiger partial charge is 0.326 e. The first-order chi connectivity index (χ1) is 18.5. The Morgan fingerprint density at radius 2 is 1.79 bits per heavy atom. The number of amides is 1. The van der Waals surface area contributed by atoms with Crippen molar-refractivity contribution in [2.24, 2.45) is 0 Å². The second-order valence-corrected chi connectivity index (χ2v) is 9.55. The van der Waals surface area contributed by atoms with Gasteiger partial charge in [-0.15, -0.1) is 0 Å². The summed E-state index contributed by atoms with van der Waals surface area (Å²) in [7, 11) is 1.53. The molecule has 0 bridgehead atoms. The summed E-state index contributed by atoms with van der Waals surface area (Å²) in [6.45, 7) is 0.212. The molecule has 1 saturated carbocycles. The van der Waals surface area contributed by atoms with Gasteiger partial charge in [0.1, 0.15) is 12.6 Å². The topological polar surface area (TPSA) is 111 Å². The summed E-state index contributed by atoms with van der Waals surface area (Å²) in [5.74, 6) is -0.0220. The summed E-state index contributed by atoms with van der Waals surface area (Å²) < 4.78 is 17.9. The van der Waals surface area contributed by atoms with Gasteiger partial charge in [-0.2, -0.15) is 0 Å². The van der Waals surface area contributed by atoms with Crippen LogP contribution in [0.15, 0.2) is 60.9 Å². The van der Waals surface area contributed by atoms with Gasteiger partial charge >= 0.3 is 5.97 Å². The van der Waals surface area contributed by atoms with Gasteiger partial charge < -0.3 is 24.2 Å². The molecule has 9 nitrogen and oxygen atoms in total. The highest BCUT2D eigenvalue weighted by atomic mass is 16.5. The number of nitrogens with zero attached hydrogens (tertiary/aromatic N) is 3. The number of methoxy groups -OCH3 is 1. The number of carbonyl (C=O) groups excluding carboxylic acids is 1. The number of aromatic nitrogens is 2. The van der Waals surface area contributed by atoms with Crippen LogP contribution in [0.3, 0.4) is 0 Å². The molecule has 2 aromatic carbocycles. The van der Waals surface area contributed by atoms with Gasteiger partial charge in [-0.25, -0.2) is 14.8 Å². The molecule has 1 aliphatic heterocycles. The van der Waals surface area contributed by atoms with Gasteiger partial charge in [0, 0.05) is 30.9 Å². The van der Waals surface area contributed by atoms with Gasteiger partial charge in [-0.1, -0.05) is 49.2 Å². The molecule has 1 aliphatic carbocycles. The number of aliphatic carboxylic acids is 1. The quantitative estimate of drug-likeness (QED) is 0.452. The Labute approximate surface area is 221 Å². The van der Waals surface area contributed by atoms with Crippen LogP contribution in [0.4, 0.5) is 0 Å². The monoisotopic (exact) mass is 517 g/mol. The minimum Gasteiger partial charge on any atom is -0.493 e. The third-order valence-electron chi connectivity index (χ3n) is 7.15. The van der Waals surface area contributed by atoms with Crippen LogP contribution in [0.5, 0.6) is 11.5 Å². The predicted octanol–water partition coefficient (Wildman–Crippen LogP) is 4.10. The molecule has 0 radical (unpaired) electrons. The number of ether oxygens (including phenoxy) is 3. The summed E-state index contributed by atoms with van der Waals surface area (Å²) in [4.78, 5) is 36.3. The van der Waals surface area contributed by atoms with Crippen LogP contribution in [-0.2, 0) is 33.9 Å². The number of hydrogen-bond acceptors (Lipinski definition) is 7. The van der Waals surface area contributed by atoms with E-state index in [0.29, 0.717) is 22.9 Å². The van der Waals surface area contributed by atoms with E-state index < -0.39 is 18.1 Å². The van der Waals surface area contributed by atoms with Gasteiger partial charge in [0.05, 0.1) is 13.2 Å². The van der Waals surface area contributed by atoms with Crippen LogP contribution in [0, 0.1) is 0 Å². The lowest BCUT2D eigenvalue weighted by molar-refractivity contribution is -0.160. The Morgan fingerprint density at radius 1 is 1.05 bits per heavy atom. The molecule has 2 heterocycles. The average Bonchev–Trinajstić information content (AvgIpc) is 3.48. The number of rotatable bonds is 9. The van der Waals surface area contributed by atoms with Crippen LogP contribution in [0.25, 0.3) is 0 Å². The van der Waals surface area contributed by atoms with E-state index in [4.69, 9.17) is 14.2 Å². The van der Waals surface area contributed by atoms with Gasteiger partial charge in [-0.3, -0.25) is 4.79 Å². The number of carbonyl (C=O) groups is 2. The lowest BCUT2D eigenvalue weighted by atomic mass is 9.91. The maximum atomic E-state index is 14.0. The van der Waals surface area contributed by atoms with Crippen molar-refractivity contribution < 1.29 is 28.9 Å². The lowest BCUT2D eigenvalue weighted by Gasteiger charge is -2.37. The summed E-state index contributed by atoms with van der Waals surface area (Å²) in [6.07, 6.45) is 6.36. The molecular weight excluding hydrogens is 486 g/mol. The van der Waals surface area contributed by atoms with Crippen molar-refractivity contribution in [1.29, 1.82) is 0 Å². The van der Waals surface area contributed by atoms with Crippen LogP contribution < -0.4 is 9.47 Å². The fourth-order valence-electron chi connectivity index (χ4n) is 5.20. The second kappa shape index (κ2) is 11.6. The molecule has 0 saturated heterocycles. The Hall–Kier alpha value is -3.98. The van der Waals surface area contributed by atoms with Crippen molar-refractivity contribution in [3.63, 3.8) is 0 Å². The zero-order valence-electron chi connectivity index (χ0n) is 21.3. The van der Waals surface area contributed by atoms with Gasteiger partial charge in [0.2, 0.25) is 0 Å². The zero-order valence-corrected chi connectivity index (χ0v) is 21.3. The molecule has 1 N–H and O–H groups in total. The SMILES string of the molecule is COc1ccc2c(c1OCc1ncccn1)C[C@H](C(=O)O)N(C(=O)[C@@H](OC1CCCC1)c1ccccc1)C2. The molecule has 0 unspecified atom stereocenters. The number of carboxylic acids is 1. The lowest BCUT2D eigenvalue weighted by Crippen LogP contribution is -2.50. The van der Waals surface area contributed by atoms with E-state index in [0.717, 1.165) is 36.8 Å². The van der Waals surface area contributed by atoms with Crippen molar-refractivity contribution in [1.82, 2.24) is 14.9 Å². The molecule has 198 valence electrons. The predicted molar refractivity (Wildman–Crippen MR) is 138 cm³/mol. The van der Waals surface area contributed by atoms with Gasteiger partial charge in [0.15, 0.2) is 23.4 Å². The minimum absolute atomic E-state index is 0.0195. The summed E-state index contributed by atoms with van der Waals surface area (Å²) in [5, 5.41) is 10.2. The first kappa shape index (κ1) is 25.7. The Morgan fingerprint density at radius 3 is 2.47 bits per heavy atom. The van der Waals surface area contributed by atoms with Crippen LogP contribution in [0.1, 0.15) is 54.3 Å². The molecule has 1 aromatic heterocycles. The summed E-state index contributed by atoms with van der Waals surface area (Å²) in [6, 6.07) is 13.6. The zero-order chi connectivity index (χ0) is 26.5. The molecule has 5 rings (SSSR count). The van der Waals surface area contributed by atoms with E-state index in [2.05, 4.69) is 9.97 Å². The van der Waals surface area contributed by atoms with Crippen LogP contribution >= 0.6 is 0 Å². The molecule has 2 aliphatic rings. The Kier molecular flexibility index (Phi) is 7.83. The van der Waals surface area contributed by atoms with E-state index in [-0.39, 0.29) is 31.6 Å². The number of hydrogen-bond donors (Lipinski definition) is 1. The van der Waals surface area contributed by atoms with Crippen molar-refractivity contribution >= 4 is 11.9 Å². The van der Waals surface area contributed by atoms with Gasteiger partial charge in [-0.05, 0) is 36.1 Å². The van der Waals surface area contributed by atoms with Crippen molar-refractivity contribution in [2.45, 2.75) is 63.5 Å². The molecule has 2 atom stereocenters. The number of carboxylic acid groups (broad SMARTS) is 1. The normalized spacial score (nSPS) is 18.0. The summed E-state index contributed by atoms with van der Waals surface area (Å²) in [5.41, 5.74) is 2.22. The fourth-order valence-corrected chi connectivity index (χ4v) is 5.20. The highest BCUT2D eigenvalue weighted by molar-refractivity contribution is 5.88. The Bertz CT molecular complexity index is 1260. The van der Waals surface area contributed by atoms with Crippen LogP contribution in [0.2, 0.25) is 0 Å². The first-order valence-corrected chi connectivity index (χ1v) is 12.9. The van der Waals surface area contributed by atoms with E-state index in [1.54, 1.807) is 24.5 Å². The van der Waals surface area contributed by atoms with Crippen molar-refractivity contribution in [3.8, 4) is 11.5 Å². The van der Waals surface area contributed by atoms with E-state index >= 15 is 0 Å². The third kappa shape index (κ3) is 5.47. The average molecular weight is 518 g/mol. The Balaban J connectivity index is 1.46. The molecular formula is C29H31N3O6. The number of fused-ring (bicyclic) bond motifs is 1. The second-order valence-electron chi connectivity index (χ2n) is 9.55. The molecule has 3 aromatic rings. The minimum atomic E-state index is -1.09. The molecule has 9 heteroatoms. The van der Waals surface area contributed by atoms with E-state index in [9.17, 15) is 14.7 Å². The maximum absolute atomic E-state index is 14.0. The van der Waals surface area contributed by atoms with E-state index in [1.807, 2.05) is 36.4 Å².